The van der Waals surface area contributed by atoms with Gasteiger partial charge in [-0.2, -0.15) is 13.2 Å². The van der Waals surface area contributed by atoms with E-state index < -0.39 is 11.9 Å². The number of pyridine rings is 1. The number of nitrogens with one attached hydrogen (secondary N) is 1. The number of fused-ring (bicyclic) bond motifs is 1. The van der Waals surface area contributed by atoms with Crippen LogP contribution in [0.2, 0.25) is 0 Å². The highest BCUT2D eigenvalue weighted by molar-refractivity contribution is 5.91. The van der Waals surface area contributed by atoms with E-state index in [1.807, 2.05) is 6.92 Å². The number of rotatable bonds is 7. The number of aromatic nitrogens is 3. The molecule has 3 heterocycles. The van der Waals surface area contributed by atoms with Crippen LogP contribution < -0.4 is 20.5 Å². The summed E-state index contributed by atoms with van der Waals surface area (Å²) in [7, 11) is 1.55. The molecule has 182 valence electrons. The lowest BCUT2D eigenvalue weighted by Crippen LogP contribution is -2.24. The van der Waals surface area contributed by atoms with Gasteiger partial charge < -0.3 is 25.3 Å². The number of aryl methyl sites for hydroxylation is 1. The van der Waals surface area contributed by atoms with Crippen LogP contribution in [0, 0.1) is 12.8 Å². The molecule has 1 aliphatic heterocycles. The van der Waals surface area contributed by atoms with Gasteiger partial charge in [0.05, 0.1) is 19.2 Å². The molecular weight excluding hydrogens is 451 g/mol. The quantitative estimate of drug-likeness (QED) is 0.517. The molecule has 0 saturated carbocycles. The van der Waals surface area contributed by atoms with Crippen molar-refractivity contribution in [1.29, 1.82) is 0 Å². The topological polar surface area (TPSA) is 104 Å². The summed E-state index contributed by atoms with van der Waals surface area (Å²) in [4.78, 5) is 12.3. The first-order valence-electron chi connectivity index (χ1n) is 10.8. The maximum absolute atomic E-state index is 13.1. The second-order valence-corrected chi connectivity index (χ2v) is 8.22. The van der Waals surface area contributed by atoms with Gasteiger partial charge in [0.1, 0.15) is 29.3 Å². The van der Waals surface area contributed by atoms with Crippen LogP contribution in [-0.4, -0.2) is 41.4 Å². The monoisotopic (exact) mass is 477 g/mol. The largest absolute Gasteiger partial charge is 0.493 e. The Labute approximate surface area is 194 Å². The van der Waals surface area contributed by atoms with Gasteiger partial charge >= 0.3 is 6.18 Å². The van der Waals surface area contributed by atoms with Crippen molar-refractivity contribution in [1.82, 2.24) is 15.0 Å². The van der Waals surface area contributed by atoms with Crippen LogP contribution in [0.5, 0.6) is 11.5 Å². The van der Waals surface area contributed by atoms with E-state index in [0.29, 0.717) is 52.8 Å². The third kappa shape index (κ3) is 5.24. The lowest BCUT2D eigenvalue weighted by Gasteiger charge is -2.22. The molecule has 34 heavy (non-hydrogen) atoms. The van der Waals surface area contributed by atoms with E-state index in [0.717, 1.165) is 12.5 Å². The van der Waals surface area contributed by atoms with Gasteiger partial charge in [0.25, 0.3) is 0 Å². The number of ether oxygens (including phenoxy) is 3. The van der Waals surface area contributed by atoms with Crippen molar-refractivity contribution in [2.24, 2.45) is 5.92 Å². The highest BCUT2D eigenvalue weighted by atomic mass is 19.4. The van der Waals surface area contributed by atoms with E-state index in [1.165, 1.54) is 6.07 Å². The molecule has 0 spiro atoms. The third-order valence-corrected chi connectivity index (χ3v) is 5.69. The van der Waals surface area contributed by atoms with Gasteiger partial charge in [-0.25, -0.2) is 15.0 Å². The normalized spacial score (nSPS) is 17.1. The average Bonchev–Trinajstić information content (AvgIpc) is 3.31. The molecule has 8 nitrogen and oxygen atoms in total. The van der Waals surface area contributed by atoms with E-state index >= 15 is 0 Å². The Morgan fingerprint density at radius 2 is 1.97 bits per heavy atom. The van der Waals surface area contributed by atoms with Crippen LogP contribution in [0.15, 0.2) is 24.3 Å². The molecule has 0 aliphatic carbocycles. The average molecular weight is 477 g/mol. The predicted molar refractivity (Wildman–Crippen MR) is 121 cm³/mol. The van der Waals surface area contributed by atoms with Crippen molar-refractivity contribution in [2.45, 2.75) is 39.1 Å². The van der Waals surface area contributed by atoms with Gasteiger partial charge in [-0.05, 0) is 44.0 Å². The highest BCUT2D eigenvalue weighted by Crippen LogP contribution is 2.36. The fraction of sp³-hybridized carbons (Fsp3) is 0.435. The number of hydrogen-bond acceptors (Lipinski definition) is 8. The lowest BCUT2D eigenvalue weighted by molar-refractivity contribution is -0.141. The van der Waals surface area contributed by atoms with E-state index in [2.05, 4.69) is 20.3 Å². The standard InChI is InChI=1S/C23H26F3N5O3/c1-12(15-4-5-33-11-15)34-19-8-16-17(9-18(19)32-3)29-13(2)30-22(16)28-10-14-6-20(23(24,25)26)31-21(27)7-14/h6-9,12,15H,4-5,10-11H2,1-3H3,(H2,27,31)(H,28,29,30)/t12?,15-/m0/s1. The van der Waals surface area contributed by atoms with Crippen LogP contribution in [-0.2, 0) is 17.5 Å². The Bertz CT molecular complexity index is 1180. The summed E-state index contributed by atoms with van der Waals surface area (Å²) in [6.07, 6.45) is -3.77. The third-order valence-electron chi connectivity index (χ3n) is 5.69. The van der Waals surface area contributed by atoms with E-state index in [9.17, 15) is 13.2 Å². The van der Waals surface area contributed by atoms with Gasteiger partial charge in [-0.15, -0.1) is 0 Å². The molecule has 4 rings (SSSR count). The number of nitrogens with zero attached hydrogens (tertiary/aromatic N) is 3. The molecule has 2 aromatic heterocycles. The zero-order chi connectivity index (χ0) is 24.5. The van der Waals surface area contributed by atoms with Crippen molar-refractivity contribution in [3.05, 3.63) is 41.3 Å². The van der Waals surface area contributed by atoms with E-state index in [4.69, 9.17) is 19.9 Å². The zero-order valence-corrected chi connectivity index (χ0v) is 19.1. The molecule has 1 unspecified atom stereocenters. The van der Waals surface area contributed by atoms with Crippen LogP contribution in [0.3, 0.4) is 0 Å². The first-order valence-corrected chi connectivity index (χ1v) is 10.8. The highest BCUT2D eigenvalue weighted by Gasteiger charge is 2.33. The molecule has 3 aromatic rings. The molecule has 1 aromatic carbocycles. The number of alkyl halides is 3. The molecule has 0 amide bonds. The van der Waals surface area contributed by atoms with Gasteiger partial charge in [0.15, 0.2) is 11.5 Å². The van der Waals surface area contributed by atoms with Crippen molar-refractivity contribution >= 4 is 22.5 Å². The molecule has 1 saturated heterocycles. The Hall–Kier alpha value is -3.34. The Kier molecular flexibility index (Phi) is 6.65. The summed E-state index contributed by atoms with van der Waals surface area (Å²) in [6, 6.07) is 5.89. The van der Waals surface area contributed by atoms with Crippen molar-refractivity contribution in [2.75, 3.05) is 31.4 Å². The zero-order valence-electron chi connectivity index (χ0n) is 19.1. The molecule has 3 N–H and O–H groups in total. The first kappa shape index (κ1) is 23.8. The summed E-state index contributed by atoms with van der Waals surface area (Å²) < 4.78 is 56.5. The minimum absolute atomic E-state index is 0.0549. The fourth-order valence-electron chi connectivity index (χ4n) is 3.90. The number of halogens is 3. The Morgan fingerprint density at radius 1 is 1.18 bits per heavy atom. The van der Waals surface area contributed by atoms with Gasteiger partial charge in [-0.1, -0.05) is 0 Å². The van der Waals surface area contributed by atoms with Gasteiger partial charge in [0.2, 0.25) is 0 Å². The van der Waals surface area contributed by atoms with Crippen molar-refractivity contribution in [3.63, 3.8) is 0 Å². The van der Waals surface area contributed by atoms with E-state index in [-0.39, 0.29) is 24.4 Å². The van der Waals surface area contributed by atoms with Crippen LogP contribution in [0.4, 0.5) is 24.8 Å². The van der Waals surface area contributed by atoms with Crippen LogP contribution in [0.1, 0.15) is 30.4 Å². The number of anilines is 2. The van der Waals surface area contributed by atoms with Crippen LogP contribution in [0.25, 0.3) is 10.9 Å². The summed E-state index contributed by atoms with van der Waals surface area (Å²) >= 11 is 0. The predicted octanol–water partition coefficient (Wildman–Crippen LogP) is 4.36. The van der Waals surface area contributed by atoms with Crippen molar-refractivity contribution in [3.8, 4) is 11.5 Å². The number of nitrogens with two attached hydrogens (primary N) is 1. The number of nitrogen functional groups attached to an aromatic ring is 1. The van der Waals surface area contributed by atoms with Crippen LogP contribution >= 0.6 is 0 Å². The second kappa shape index (κ2) is 9.49. The molecule has 0 radical (unpaired) electrons. The molecule has 1 fully saturated rings. The maximum Gasteiger partial charge on any atom is 0.433 e. The smallest absolute Gasteiger partial charge is 0.433 e. The van der Waals surface area contributed by atoms with Gasteiger partial charge in [-0.3, -0.25) is 0 Å². The molecule has 0 bridgehead atoms. The number of hydrogen-bond donors (Lipinski definition) is 2. The second-order valence-electron chi connectivity index (χ2n) is 8.22. The van der Waals surface area contributed by atoms with Gasteiger partial charge in [0, 0.05) is 30.5 Å². The molecule has 11 heteroatoms. The Balaban J connectivity index is 1.65. The number of benzene rings is 1. The first-order chi connectivity index (χ1) is 16.1. The summed E-state index contributed by atoms with van der Waals surface area (Å²) in [5.74, 6) is 2.06. The SMILES string of the molecule is COc1cc2nc(C)nc(NCc3cc(N)nc(C(F)(F)F)c3)c2cc1OC(C)[C@H]1CCOC1. The number of methoxy groups -OCH3 is 1. The minimum Gasteiger partial charge on any atom is -0.493 e. The Morgan fingerprint density at radius 3 is 2.65 bits per heavy atom. The minimum atomic E-state index is -4.59. The van der Waals surface area contributed by atoms with Crippen molar-refractivity contribution < 1.29 is 27.4 Å². The molecule has 1 aliphatic rings. The fourth-order valence-corrected chi connectivity index (χ4v) is 3.90. The lowest BCUT2D eigenvalue weighted by atomic mass is 10.0. The maximum atomic E-state index is 13.1. The molecular formula is C23H26F3N5O3. The van der Waals surface area contributed by atoms with E-state index in [1.54, 1.807) is 26.2 Å². The summed E-state index contributed by atoms with van der Waals surface area (Å²) in [5.41, 5.74) is 5.48. The summed E-state index contributed by atoms with van der Waals surface area (Å²) in [5, 5.41) is 3.75. The molecule has 2 atom stereocenters. The summed E-state index contributed by atoms with van der Waals surface area (Å²) in [6.45, 7) is 5.13.